The molecule has 142 valence electrons. The average molecular weight is 413 g/mol. The van der Waals surface area contributed by atoms with Gasteiger partial charge >= 0.3 is 6.03 Å². The standard InChI is InChI=1S/C21H18Cl2N4O/c22-18-2-1-3-19(20(18)23)27-21(28)26-11-13-4-5-15(14-6-8-24-10-14)16-7-9-25-12-17(13)16/h1-7,9,12,24H,8,10-11H2,(H2,26,27,28). The number of nitrogens with zero attached hydrogens (tertiary/aromatic N) is 1. The van der Waals surface area contributed by atoms with Crippen molar-refractivity contribution >= 4 is 51.3 Å². The Kier molecular flexibility index (Phi) is 5.48. The van der Waals surface area contributed by atoms with Crippen molar-refractivity contribution in [2.45, 2.75) is 6.54 Å². The first kappa shape index (κ1) is 18.7. The maximum Gasteiger partial charge on any atom is 0.319 e. The Labute approximate surface area is 172 Å². The molecule has 1 aliphatic rings. The zero-order chi connectivity index (χ0) is 19.5. The van der Waals surface area contributed by atoms with Crippen LogP contribution in [0, 0.1) is 0 Å². The molecule has 0 aliphatic carbocycles. The number of carbonyl (C=O) groups is 1. The van der Waals surface area contributed by atoms with Crippen LogP contribution >= 0.6 is 23.2 Å². The number of fused-ring (bicyclic) bond motifs is 1. The zero-order valence-corrected chi connectivity index (χ0v) is 16.4. The first-order chi connectivity index (χ1) is 13.6. The molecule has 2 heterocycles. The average Bonchev–Trinajstić information content (AvgIpc) is 3.24. The Hall–Kier alpha value is -2.60. The number of halogens is 2. The van der Waals surface area contributed by atoms with E-state index < -0.39 is 0 Å². The SMILES string of the molecule is O=C(NCc1ccc(C2=CCNC2)c2ccncc12)Nc1cccc(Cl)c1Cl. The number of anilines is 1. The van der Waals surface area contributed by atoms with Gasteiger partial charge in [-0.2, -0.15) is 0 Å². The molecule has 1 aromatic heterocycles. The van der Waals surface area contributed by atoms with Crippen LogP contribution in [0.25, 0.3) is 16.3 Å². The van der Waals surface area contributed by atoms with Gasteiger partial charge in [0.05, 0.1) is 15.7 Å². The maximum absolute atomic E-state index is 12.3. The van der Waals surface area contributed by atoms with E-state index in [9.17, 15) is 4.79 Å². The highest BCUT2D eigenvalue weighted by Crippen LogP contribution is 2.30. The van der Waals surface area contributed by atoms with Crippen molar-refractivity contribution in [3.8, 4) is 0 Å². The molecule has 7 heteroatoms. The monoisotopic (exact) mass is 412 g/mol. The zero-order valence-electron chi connectivity index (χ0n) is 14.9. The Bertz CT molecular complexity index is 1080. The van der Waals surface area contributed by atoms with E-state index in [-0.39, 0.29) is 6.03 Å². The number of aromatic nitrogens is 1. The smallest absolute Gasteiger partial charge is 0.319 e. The summed E-state index contributed by atoms with van der Waals surface area (Å²) in [5.41, 5.74) is 3.94. The first-order valence-electron chi connectivity index (χ1n) is 8.88. The Morgan fingerprint density at radius 1 is 1.14 bits per heavy atom. The van der Waals surface area contributed by atoms with E-state index in [0.717, 1.165) is 29.4 Å². The van der Waals surface area contributed by atoms with Gasteiger partial charge in [0.15, 0.2) is 0 Å². The molecule has 2 amide bonds. The fraction of sp³-hybridized carbons (Fsp3) is 0.143. The second kappa shape index (κ2) is 8.19. The number of hydrogen-bond donors (Lipinski definition) is 3. The fourth-order valence-electron chi connectivity index (χ4n) is 3.30. The molecular formula is C21H18Cl2N4O. The summed E-state index contributed by atoms with van der Waals surface area (Å²) in [5, 5.41) is 11.8. The van der Waals surface area contributed by atoms with Gasteiger partial charge in [-0.1, -0.05) is 47.5 Å². The molecule has 2 aromatic carbocycles. The normalized spacial score (nSPS) is 13.4. The minimum absolute atomic E-state index is 0.316. The van der Waals surface area contributed by atoms with Crippen LogP contribution in [0.3, 0.4) is 0 Å². The number of carbonyl (C=O) groups excluding carboxylic acids is 1. The molecule has 0 saturated heterocycles. The van der Waals surface area contributed by atoms with E-state index in [2.05, 4.69) is 33.1 Å². The second-order valence-electron chi connectivity index (χ2n) is 6.46. The Morgan fingerprint density at radius 3 is 2.86 bits per heavy atom. The summed E-state index contributed by atoms with van der Waals surface area (Å²) in [6.45, 7) is 2.11. The number of nitrogens with one attached hydrogen (secondary N) is 3. The molecule has 0 fully saturated rings. The molecule has 0 radical (unpaired) electrons. The van der Waals surface area contributed by atoms with Gasteiger partial charge < -0.3 is 16.0 Å². The van der Waals surface area contributed by atoms with E-state index in [1.165, 1.54) is 11.1 Å². The molecule has 5 nitrogen and oxygen atoms in total. The van der Waals surface area contributed by atoms with E-state index in [4.69, 9.17) is 23.2 Å². The molecule has 1 aliphatic heterocycles. The number of hydrogen-bond acceptors (Lipinski definition) is 3. The first-order valence-corrected chi connectivity index (χ1v) is 9.63. The van der Waals surface area contributed by atoms with E-state index in [0.29, 0.717) is 22.3 Å². The molecule has 3 N–H and O–H groups in total. The minimum atomic E-state index is -0.354. The topological polar surface area (TPSA) is 66.0 Å². The summed E-state index contributed by atoms with van der Waals surface area (Å²) >= 11 is 12.1. The number of pyridine rings is 1. The van der Waals surface area contributed by atoms with Gasteiger partial charge in [0.25, 0.3) is 0 Å². The van der Waals surface area contributed by atoms with Crippen molar-refractivity contribution in [2.24, 2.45) is 0 Å². The third kappa shape index (κ3) is 3.83. The lowest BCUT2D eigenvalue weighted by atomic mass is 9.96. The van der Waals surface area contributed by atoms with Gasteiger partial charge in [-0.25, -0.2) is 4.79 Å². The van der Waals surface area contributed by atoms with Crippen molar-refractivity contribution in [1.29, 1.82) is 0 Å². The van der Waals surface area contributed by atoms with Crippen LogP contribution in [0.1, 0.15) is 11.1 Å². The molecule has 4 rings (SSSR count). The van der Waals surface area contributed by atoms with Crippen LogP contribution < -0.4 is 16.0 Å². The van der Waals surface area contributed by atoms with Crippen molar-refractivity contribution in [2.75, 3.05) is 18.4 Å². The summed E-state index contributed by atoms with van der Waals surface area (Å²) in [6.07, 6.45) is 5.83. The highest BCUT2D eigenvalue weighted by molar-refractivity contribution is 6.43. The highest BCUT2D eigenvalue weighted by Gasteiger charge is 2.13. The van der Waals surface area contributed by atoms with Gasteiger partial charge in [-0.05, 0) is 40.3 Å². The Morgan fingerprint density at radius 2 is 2.04 bits per heavy atom. The van der Waals surface area contributed by atoms with Crippen molar-refractivity contribution in [1.82, 2.24) is 15.6 Å². The number of benzene rings is 2. The summed E-state index contributed by atoms with van der Waals surface area (Å²) < 4.78 is 0. The van der Waals surface area contributed by atoms with Crippen LogP contribution in [0.2, 0.25) is 10.0 Å². The second-order valence-corrected chi connectivity index (χ2v) is 7.25. The summed E-state index contributed by atoms with van der Waals surface area (Å²) in [5.74, 6) is 0. The van der Waals surface area contributed by atoms with Gasteiger partial charge in [-0.3, -0.25) is 4.98 Å². The van der Waals surface area contributed by atoms with Crippen molar-refractivity contribution in [3.63, 3.8) is 0 Å². The summed E-state index contributed by atoms with van der Waals surface area (Å²) in [4.78, 5) is 16.6. The molecule has 0 spiro atoms. The van der Waals surface area contributed by atoms with Crippen LogP contribution in [-0.2, 0) is 6.54 Å². The summed E-state index contributed by atoms with van der Waals surface area (Å²) in [7, 11) is 0. The van der Waals surface area contributed by atoms with Crippen LogP contribution in [0.5, 0.6) is 0 Å². The quantitative estimate of drug-likeness (QED) is 0.573. The summed E-state index contributed by atoms with van der Waals surface area (Å²) in [6, 6.07) is 10.9. The van der Waals surface area contributed by atoms with E-state index in [1.54, 1.807) is 24.4 Å². The fourth-order valence-corrected chi connectivity index (χ4v) is 3.65. The molecular weight excluding hydrogens is 395 g/mol. The van der Waals surface area contributed by atoms with Crippen LogP contribution in [0.15, 0.2) is 54.9 Å². The predicted octanol–water partition coefficient (Wildman–Crippen LogP) is 4.85. The molecule has 0 saturated carbocycles. The molecule has 3 aromatic rings. The van der Waals surface area contributed by atoms with E-state index >= 15 is 0 Å². The number of urea groups is 1. The number of amides is 2. The highest BCUT2D eigenvalue weighted by atomic mass is 35.5. The molecule has 0 bridgehead atoms. The predicted molar refractivity (Wildman–Crippen MR) is 115 cm³/mol. The van der Waals surface area contributed by atoms with Gasteiger partial charge in [0, 0.05) is 37.4 Å². The largest absolute Gasteiger partial charge is 0.334 e. The van der Waals surface area contributed by atoms with Gasteiger partial charge in [0.2, 0.25) is 0 Å². The maximum atomic E-state index is 12.3. The molecule has 0 atom stereocenters. The molecule has 0 unspecified atom stereocenters. The van der Waals surface area contributed by atoms with Crippen LogP contribution in [-0.4, -0.2) is 24.1 Å². The third-order valence-corrected chi connectivity index (χ3v) is 5.52. The van der Waals surface area contributed by atoms with Gasteiger partial charge in [-0.15, -0.1) is 0 Å². The minimum Gasteiger partial charge on any atom is -0.334 e. The van der Waals surface area contributed by atoms with Crippen LogP contribution in [0.4, 0.5) is 10.5 Å². The van der Waals surface area contributed by atoms with Crippen molar-refractivity contribution in [3.05, 3.63) is 76.0 Å². The van der Waals surface area contributed by atoms with E-state index in [1.807, 2.05) is 18.3 Å². The van der Waals surface area contributed by atoms with Crippen molar-refractivity contribution < 1.29 is 4.79 Å². The molecule has 28 heavy (non-hydrogen) atoms. The number of rotatable bonds is 4. The lowest BCUT2D eigenvalue weighted by Gasteiger charge is -2.13. The lowest BCUT2D eigenvalue weighted by Crippen LogP contribution is -2.28. The third-order valence-electron chi connectivity index (χ3n) is 4.70. The Balaban J connectivity index is 1.53. The van der Waals surface area contributed by atoms with Gasteiger partial charge in [0.1, 0.15) is 0 Å². The lowest BCUT2D eigenvalue weighted by molar-refractivity contribution is 0.252.